The van der Waals surface area contributed by atoms with E-state index in [-0.39, 0.29) is 0 Å². The second-order valence-corrected chi connectivity index (χ2v) is 6.29. The molecule has 2 aromatic rings. The van der Waals surface area contributed by atoms with Crippen LogP contribution in [0.5, 0.6) is 0 Å². The Bertz CT molecular complexity index is 705. The molecule has 0 saturated carbocycles. The molecule has 0 amide bonds. The van der Waals surface area contributed by atoms with Crippen molar-refractivity contribution in [1.82, 2.24) is 9.88 Å². The first-order valence-electron chi connectivity index (χ1n) is 7.05. The fourth-order valence-corrected chi connectivity index (χ4v) is 2.89. The Labute approximate surface area is 125 Å². The van der Waals surface area contributed by atoms with E-state index in [4.69, 9.17) is 5.14 Å². The van der Waals surface area contributed by atoms with E-state index < -0.39 is 10.2 Å². The average Bonchev–Trinajstić information content (AvgIpc) is 2.81. The Morgan fingerprint density at radius 3 is 2.62 bits per heavy atom. The zero-order valence-electron chi connectivity index (χ0n) is 12.4. The quantitative estimate of drug-likeness (QED) is 0.726. The van der Waals surface area contributed by atoms with Gasteiger partial charge in [-0.15, -0.1) is 0 Å². The Morgan fingerprint density at radius 1 is 1.29 bits per heavy atom. The molecule has 0 unspecified atom stereocenters. The minimum Gasteiger partial charge on any atom is -0.361 e. The van der Waals surface area contributed by atoms with Crippen LogP contribution in [0, 0.1) is 0 Å². The molecule has 116 valence electrons. The molecule has 0 aliphatic rings. The van der Waals surface area contributed by atoms with Crippen LogP contribution in [-0.4, -0.2) is 37.9 Å². The van der Waals surface area contributed by atoms with Crippen molar-refractivity contribution in [1.29, 1.82) is 0 Å². The number of likely N-dealkylation sites (N-methyl/N-ethyl adjacent to an activating group) is 1. The predicted molar refractivity (Wildman–Crippen MR) is 86.5 cm³/mol. The number of fused-ring (bicyclic) bond motifs is 1. The highest BCUT2D eigenvalue weighted by Gasteiger charge is 2.08. The van der Waals surface area contributed by atoms with Crippen molar-refractivity contribution in [3.05, 3.63) is 30.0 Å². The van der Waals surface area contributed by atoms with Gasteiger partial charge in [-0.1, -0.05) is 13.8 Å². The topological polar surface area (TPSA) is 91.2 Å². The number of aromatic amines is 1. The predicted octanol–water partition coefficient (Wildman–Crippen LogP) is 1.67. The third-order valence-corrected chi connectivity index (χ3v) is 4.14. The summed E-state index contributed by atoms with van der Waals surface area (Å²) in [4.78, 5) is 5.56. The second kappa shape index (κ2) is 6.46. The summed E-state index contributed by atoms with van der Waals surface area (Å²) in [5.74, 6) is 0. The molecular formula is C14H22N4O2S. The standard InChI is InChI=1S/C14H22N4O2S/c1-3-18(4-2)8-7-11-10-16-14-6-5-12(9-13(11)14)17-21(15,19)20/h5-6,9-10,16-17H,3-4,7-8H2,1-2H3,(H2,15,19,20). The van der Waals surface area contributed by atoms with Crippen LogP contribution in [0.25, 0.3) is 10.9 Å². The lowest BCUT2D eigenvalue weighted by Crippen LogP contribution is -2.25. The molecule has 0 fully saturated rings. The van der Waals surface area contributed by atoms with Crippen LogP contribution in [0.3, 0.4) is 0 Å². The first kappa shape index (κ1) is 15.8. The third-order valence-electron chi connectivity index (χ3n) is 3.62. The van der Waals surface area contributed by atoms with Crippen molar-refractivity contribution in [2.45, 2.75) is 20.3 Å². The van der Waals surface area contributed by atoms with Gasteiger partial charge in [-0.2, -0.15) is 8.42 Å². The van der Waals surface area contributed by atoms with E-state index in [2.05, 4.69) is 28.5 Å². The molecule has 2 rings (SSSR count). The lowest BCUT2D eigenvalue weighted by atomic mass is 10.1. The number of benzene rings is 1. The minimum atomic E-state index is -3.74. The van der Waals surface area contributed by atoms with Gasteiger partial charge in [0.1, 0.15) is 0 Å². The molecule has 1 aromatic carbocycles. The van der Waals surface area contributed by atoms with Crippen LogP contribution >= 0.6 is 0 Å². The highest BCUT2D eigenvalue weighted by molar-refractivity contribution is 7.90. The van der Waals surface area contributed by atoms with Gasteiger partial charge in [0.15, 0.2) is 0 Å². The molecule has 0 aliphatic carbocycles. The lowest BCUT2D eigenvalue weighted by Gasteiger charge is -2.17. The Hall–Kier alpha value is -1.57. The number of nitrogens with zero attached hydrogens (tertiary/aromatic N) is 1. The molecule has 7 heteroatoms. The van der Waals surface area contributed by atoms with E-state index >= 15 is 0 Å². The summed E-state index contributed by atoms with van der Waals surface area (Å²) in [7, 11) is -3.74. The summed E-state index contributed by atoms with van der Waals surface area (Å²) in [6.07, 6.45) is 2.90. The normalized spacial score (nSPS) is 12.2. The maximum atomic E-state index is 11.1. The van der Waals surface area contributed by atoms with Gasteiger partial charge < -0.3 is 9.88 Å². The number of nitrogens with one attached hydrogen (secondary N) is 2. The zero-order chi connectivity index (χ0) is 15.5. The van der Waals surface area contributed by atoms with Crippen molar-refractivity contribution in [2.24, 2.45) is 5.14 Å². The summed E-state index contributed by atoms with van der Waals surface area (Å²) in [5, 5.41) is 6.03. The van der Waals surface area contributed by atoms with Crippen LogP contribution < -0.4 is 9.86 Å². The van der Waals surface area contributed by atoms with Crippen molar-refractivity contribution < 1.29 is 8.42 Å². The van der Waals surface area contributed by atoms with Crippen molar-refractivity contribution in [3.63, 3.8) is 0 Å². The number of nitrogens with two attached hydrogens (primary N) is 1. The van der Waals surface area contributed by atoms with Crippen LogP contribution in [0.4, 0.5) is 5.69 Å². The molecule has 0 atom stereocenters. The molecule has 1 heterocycles. The van der Waals surface area contributed by atoms with Gasteiger partial charge >= 0.3 is 0 Å². The van der Waals surface area contributed by atoms with Gasteiger partial charge in [-0.3, -0.25) is 4.72 Å². The number of anilines is 1. The Balaban J connectivity index is 2.22. The Kier molecular flexibility index (Phi) is 4.87. The molecule has 4 N–H and O–H groups in total. The third kappa shape index (κ3) is 4.20. The average molecular weight is 310 g/mol. The molecule has 0 aliphatic heterocycles. The van der Waals surface area contributed by atoms with Crippen LogP contribution in [0.1, 0.15) is 19.4 Å². The van der Waals surface area contributed by atoms with Crippen LogP contribution in [-0.2, 0) is 16.6 Å². The summed E-state index contributed by atoms with van der Waals surface area (Å²) in [6, 6.07) is 5.36. The smallest absolute Gasteiger partial charge is 0.296 e. The molecular weight excluding hydrogens is 288 g/mol. The van der Waals surface area contributed by atoms with E-state index in [9.17, 15) is 8.42 Å². The highest BCUT2D eigenvalue weighted by Crippen LogP contribution is 2.23. The van der Waals surface area contributed by atoms with Gasteiger partial charge in [0.25, 0.3) is 10.2 Å². The van der Waals surface area contributed by atoms with E-state index in [1.54, 1.807) is 6.07 Å². The molecule has 0 spiro atoms. The second-order valence-electron chi connectivity index (χ2n) is 5.00. The number of hydrogen-bond acceptors (Lipinski definition) is 3. The summed E-state index contributed by atoms with van der Waals surface area (Å²) in [5.41, 5.74) is 2.65. The van der Waals surface area contributed by atoms with Gasteiger partial charge in [0.2, 0.25) is 0 Å². The van der Waals surface area contributed by atoms with Crippen LogP contribution in [0.15, 0.2) is 24.4 Å². The molecule has 0 bridgehead atoms. The molecule has 1 aromatic heterocycles. The number of aromatic nitrogens is 1. The van der Waals surface area contributed by atoms with Crippen molar-refractivity contribution in [3.8, 4) is 0 Å². The number of H-pyrrole nitrogens is 1. The van der Waals surface area contributed by atoms with Gasteiger partial charge in [-0.25, -0.2) is 5.14 Å². The Morgan fingerprint density at radius 2 is 2.00 bits per heavy atom. The summed E-state index contributed by atoms with van der Waals surface area (Å²) in [6.45, 7) is 7.32. The fraction of sp³-hybridized carbons (Fsp3) is 0.429. The maximum Gasteiger partial charge on any atom is 0.296 e. The van der Waals surface area contributed by atoms with E-state index in [0.717, 1.165) is 37.0 Å². The minimum absolute atomic E-state index is 0.480. The highest BCUT2D eigenvalue weighted by atomic mass is 32.2. The first-order chi connectivity index (χ1) is 9.93. The van der Waals surface area contributed by atoms with E-state index in [1.165, 1.54) is 5.56 Å². The van der Waals surface area contributed by atoms with Gasteiger partial charge in [0, 0.05) is 23.6 Å². The van der Waals surface area contributed by atoms with Crippen molar-refractivity contribution >= 4 is 26.8 Å². The SMILES string of the molecule is CCN(CC)CCc1c[nH]c2ccc(NS(N)(=O)=O)cc12. The lowest BCUT2D eigenvalue weighted by molar-refractivity contribution is 0.308. The monoisotopic (exact) mass is 310 g/mol. The van der Waals surface area contributed by atoms with Gasteiger partial charge in [0.05, 0.1) is 5.69 Å². The molecule has 21 heavy (non-hydrogen) atoms. The largest absolute Gasteiger partial charge is 0.361 e. The van der Waals surface area contributed by atoms with Crippen molar-refractivity contribution in [2.75, 3.05) is 24.4 Å². The summed E-state index contributed by atoms with van der Waals surface area (Å²) < 4.78 is 24.5. The molecule has 6 nitrogen and oxygen atoms in total. The fourth-order valence-electron chi connectivity index (χ4n) is 2.43. The first-order valence-corrected chi connectivity index (χ1v) is 8.60. The number of hydrogen-bond donors (Lipinski definition) is 3. The van der Waals surface area contributed by atoms with E-state index in [0.29, 0.717) is 5.69 Å². The van der Waals surface area contributed by atoms with E-state index in [1.807, 2.05) is 18.3 Å². The summed E-state index contributed by atoms with van der Waals surface area (Å²) >= 11 is 0. The van der Waals surface area contributed by atoms with Crippen LogP contribution in [0.2, 0.25) is 0 Å². The molecule has 0 radical (unpaired) electrons. The van der Waals surface area contributed by atoms with Gasteiger partial charge in [-0.05, 0) is 43.3 Å². The number of rotatable bonds is 7. The maximum absolute atomic E-state index is 11.1. The molecule has 0 saturated heterocycles. The zero-order valence-corrected chi connectivity index (χ0v) is 13.2.